The number of fused-ring (bicyclic) bond motifs is 1. The lowest BCUT2D eigenvalue weighted by Gasteiger charge is -2.16. The third-order valence-corrected chi connectivity index (χ3v) is 5.11. The van der Waals surface area contributed by atoms with Crippen LogP contribution >= 0.6 is 0 Å². The molecule has 1 aromatic heterocycles. The largest absolute Gasteiger partial charge is 0.358 e. The molecule has 0 saturated carbocycles. The van der Waals surface area contributed by atoms with Gasteiger partial charge in [0.25, 0.3) is 11.8 Å². The molecule has 0 radical (unpaired) electrons. The molecule has 2 aromatic rings. The van der Waals surface area contributed by atoms with Crippen molar-refractivity contribution in [3.05, 3.63) is 52.1 Å². The standard InChI is InChI=1S/C22H25FN4O3/c1-11(8-19(28)27(4)5)24-22(30)20-12(2)18(25-13(20)3)10-16-15-9-14(23)6-7-17(15)26-21(16)29/h6-7,9-11,25H,8H2,1-5H3,(H,24,30)(H,26,29). The number of hydrogen-bond donors (Lipinski definition) is 3. The minimum absolute atomic E-state index is 0.0751. The smallest absolute Gasteiger partial charge is 0.256 e. The second kappa shape index (κ2) is 8.14. The van der Waals surface area contributed by atoms with E-state index in [2.05, 4.69) is 15.6 Å². The van der Waals surface area contributed by atoms with Crippen molar-refractivity contribution in [1.29, 1.82) is 0 Å². The molecule has 1 aliphatic heterocycles. The predicted octanol–water partition coefficient (Wildman–Crippen LogP) is 2.86. The number of hydrogen-bond acceptors (Lipinski definition) is 3. The number of carbonyl (C=O) groups is 3. The molecule has 3 N–H and O–H groups in total. The summed E-state index contributed by atoms with van der Waals surface area (Å²) in [6.07, 6.45) is 1.82. The number of carbonyl (C=O) groups excluding carboxylic acids is 3. The molecule has 2 heterocycles. The Balaban J connectivity index is 1.87. The fraction of sp³-hybridized carbons (Fsp3) is 0.318. The highest BCUT2D eigenvalue weighted by atomic mass is 19.1. The van der Waals surface area contributed by atoms with Crippen molar-refractivity contribution in [3.63, 3.8) is 0 Å². The zero-order valence-electron chi connectivity index (χ0n) is 17.6. The Morgan fingerprint density at radius 2 is 1.97 bits per heavy atom. The number of rotatable bonds is 5. The van der Waals surface area contributed by atoms with E-state index < -0.39 is 5.82 Å². The Hall–Kier alpha value is -3.42. The summed E-state index contributed by atoms with van der Waals surface area (Å²) in [5.74, 6) is -1.14. The summed E-state index contributed by atoms with van der Waals surface area (Å²) in [7, 11) is 3.33. The first-order valence-corrected chi connectivity index (χ1v) is 9.61. The van der Waals surface area contributed by atoms with Crippen LogP contribution in [0.3, 0.4) is 0 Å². The molecule has 1 unspecified atom stereocenters. The van der Waals surface area contributed by atoms with Gasteiger partial charge >= 0.3 is 0 Å². The van der Waals surface area contributed by atoms with Gasteiger partial charge in [0.15, 0.2) is 0 Å². The molecule has 7 nitrogen and oxygen atoms in total. The average Bonchev–Trinajstić information content (AvgIpc) is 3.10. The first kappa shape index (κ1) is 21.3. The summed E-state index contributed by atoms with van der Waals surface area (Å²) in [5, 5.41) is 5.56. The molecule has 0 aliphatic carbocycles. The van der Waals surface area contributed by atoms with Crippen LogP contribution in [0.1, 0.15) is 46.2 Å². The van der Waals surface area contributed by atoms with Gasteiger partial charge in [0, 0.05) is 49.2 Å². The Kier molecular flexibility index (Phi) is 5.78. The van der Waals surface area contributed by atoms with Crippen molar-refractivity contribution in [1.82, 2.24) is 15.2 Å². The van der Waals surface area contributed by atoms with Crippen LogP contribution in [0.5, 0.6) is 0 Å². The highest BCUT2D eigenvalue weighted by molar-refractivity contribution is 6.34. The van der Waals surface area contributed by atoms with Gasteiger partial charge < -0.3 is 20.5 Å². The van der Waals surface area contributed by atoms with Crippen LogP contribution < -0.4 is 10.6 Å². The Labute approximate surface area is 174 Å². The fourth-order valence-electron chi connectivity index (χ4n) is 3.50. The molecule has 0 fully saturated rings. The second-order valence-corrected chi connectivity index (χ2v) is 7.73. The number of anilines is 1. The molecular weight excluding hydrogens is 387 g/mol. The molecule has 1 aliphatic rings. The Morgan fingerprint density at radius 3 is 2.63 bits per heavy atom. The van der Waals surface area contributed by atoms with E-state index in [1.165, 1.54) is 23.1 Å². The number of H-pyrrole nitrogens is 1. The minimum Gasteiger partial charge on any atom is -0.358 e. The van der Waals surface area contributed by atoms with Gasteiger partial charge in [-0.3, -0.25) is 14.4 Å². The summed E-state index contributed by atoms with van der Waals surface area (Å²) < 4.78 is 13.7. The monoisotopic (exact) mass is 412 g/mol. The van der Waals surface area contributed by atoms with Crippen LogP contribution in [0.25, 0.3) is 11.6 Å². The molecule has 8 heteroatoms. The first-order chi connectivity index (χ1) is 14.1. The van der Waals surface area contributed by atoms with Crippen molar-refractivity contribution in [3.8, 4) is 0 Å². The Morgan fingerprint density at radius 1 is 1.27 bits per heavy atom. The van der Waals surface area contributed by atoms with Gasteiger partial charge in [0.05, 0.1) is 11.1 Å². The van der Waals surface area contributed by atoms with Gasteiger partial charge in [-0.1, -0.05) is 0 Å². The SMILES string of the molecule is Cc1[nH]c(C=C2C(=O)Nc3ccc(F)cc32)c(C)c1C(=O)NC(C)CC(=O)N(C)C. The normalized spacial score (nSPS) is 15.0. The van der Waals surface area contributed by atoms with E-state index in [1.807, 2.05) is 0 Å². The maximum absolute atomic E-state index is 13.7. The van der Waals surface area contributed by atoms with Crippen molar-refractivity contribution in [2.75, 3.05) is 19.4 Å². The van der Waals surface area contributed by atoms with Gasteiger partial charge in [0.1, 0.15) is 5.82 Å². The van der Waals surface area contributed by atoms with Gasteiger partial charge in [-0.05, 0) is 50.6 Å². The van der Waals surface area contributed by atoms with Crippen molar-refractivity contribution in [2.24, 2.45) is 0 Å². The predicted molar refractivity (Wildman–Crippen MR) is 113 cm³/mol. The van der Waals surface area contributed by atoms with Crippen molar-refractivity contribution >= 4 is 35.1 Å². The molecule has 30 heavy (non-hydrogen) atoms. The lowest BCUT2D eigenvalue weighted by molar-refractivity contribution is -0.129. The topological polar surface area (TPSA) is 94.3 Å². The molecular formula is C22H25FN4O3. The number of halogens is 1. The molecule has 158 valence electrons. The van der Waals surface area contributed by atoms with Crippen LogP contribution in [0.2, 0.25) is 0 Å². The van der Waals surface area contributed by atoms with E-state index in [4.69, 9.17) is 0 Å². The van der Waals surface area contributed by atoms with E-state index in [1.54, 1.807) is 40.9 Å². The lowest BCUT2D eigenvalue weighted by atomic mass is 10.0. The minimum atomic E-state index is -0.433. The van der Waals surface area contributed by atoms with Gasteiger partial charge in [-0.25, -0.2) is 4.39 Å². The summed E-state index contributed by atoms with van der Waals surface area (Å²) in [5.41, 5.74) is 3.72. The molecule has 0 bridgehead atoms. The average molecular weight is 412 g/mol. The number of aromatic nitrogens is 1. The van der Waals surface area contributed by atoms with Gasteiger partial charge in [0.2, 0.25) is 5.91 Å². The Bertz CT molecular complexity index is 1070. The van der Waals surface area contributed by atoms with Gasteiger partial charge in [-0.2, -0.15) is 0 Å². The summed E-state index contributed by atoms with van der Waals surface area (Å²) in [6.45, 7) is 5.32. The van der Waals surface area contributed by atoms with Crippen LogP contribution in [0.4, 0.5) is 10.1 Å². The van der Waals surface area contributed by atoms with E-state index >= 15 is 0 Å². The number of nitrogens with zero attached hydrogens (tertiary/aromatic N) is 1. The number of nitrogens with one attached hydrogen (secondary N) is 3. The maximum Gasteiger partial charge on any atom is 0.256 e. The van der Waals surface area contributed by atoms with Crippen molar-refractivity contribution in [2.45, 2.75) is 33.2 Å². The highest BCUT2D eigenvalue weighted by Crippen LogP contribution is 2.34. The number of amides is 3. The van der Waals surface area contributed by atoms with E-state index in [-0.39, 0.29) is 30.2 Å². The van der Waals surface area contributed by atoms with Crippen LogP contribution in [-0.4, -0.2) is 47.7 Å². The highest BCUT2D eigenvalue weighted by Gasteiger charge is 2.26. The van der Waals surface area contributed by atoms with E-state index in [0.29, 0.717) is 39.3 Å². The molecule has 1 aromatic carbocycles. The van der Waals surface area contributed by atoms with Gasteiger partial charge in [-0.15, -0.1) is 0 Å². The fourth-order valence-corrected chi connectivity index (χ4v) is 3.50. The number of benzene rings is 1. The second-order valence-electron chi connectivity index (χ2n) is 7.73. The third kappa shape index (κ3) is 4.12. The van der Waals surface area contributed by atoms with Crippen LogP contribution in [0, 0.1) is 19.7 Å². The molecule has 0 saturated heterocycles. The third-order valence-electron chi connectivity index (χ3n) is 5.11. The zero-order valence-corrected chi connectivity index (χ0v) is 17.6. The summed E-state index contributed by atoms with van der Waals surface area (Å²) in [6, 6.07) is 3.78. The maximum atomic E-state index is 13.7. The molecule has 3 amide bonds. The van der Waals surface area contributed by atoms with Crippen molar-refractivity contribution < 1.29 is 18.8 Å². The number of aryl methyl sites for hydroxylation is 1. The van der Waals surface area contributed by atoms with Crippen LogP contribution in [0.15, 0.2) is 18.2 Å². The zero-order chi connectivity index (χ0) is 22.2. The van der Waals surface area contributed by atoms with E-state index in [9.17, 15) is 18.8 Å². The van der Waals surface area contributed by atoms with E-state index in [0.717, 1.165) is 0 Å². The van der Waals surface area contributed by atoms with Crippen LogP contribution in [-0.2, 0) is 9.59 Å². The quantitative estimate of drug-likeness (QED) is 0.659. The lowest BCUT2D eigenvalue weighted by Crippen LogP contribution is -2.37. The summed E-state index contributed by atoms with van der Waals surface area (Å²) in [4.78, 5) is 41.6. The number of aromatic amines is 1. The molecule has 1 atom stereocenters. The first-order valence-electron chi connectivity index (χ1n) is 9.61. The molecule has 3 rings (SSSR count). The molecule has 0 spiro atoms. The summed E-state index contributed by atoms with van der Waals surface area (Å²) >= 11 is 0.